The summed E-state index contributed by atoms with van der Waals surface area (Å²) in [5, 5.41) is 3.11. The van der Waals surface area contributed by atoms with Crippen LogP contribution in [-0.4, -0.2) is 17.4 Å². The van der Waals surface area contributed by atoms with Crippen LogP contribution in [0.4, 0.5) is 5.82 Å². The molecular formula is C15H17ClN4O. The lowest BCUT2D eigenvalue weighted by molar-refractivity contribution is 0.0949. The molecule has 0 radical (unpaired) electrons. The lowest BCUT2D eigenvalue weighted by atomic mass is 10.1. The summed E-state index contributed by atoms with van der Waals surface area (Å²) in [6.45, 7) is 2.56. The average Bonchev–Trinajstić information content (AvgIpc) is 2.49. The molecule has 2 rings (SSSR count). The molecule has 110 valence electrons. The van der Waals surface area contributed by atoms with Crippen molar-refractivity contribution in [2.75, 3.05) is 12.0 Å². The highest BCUT2D eigenvalue weighted by atomic mass is 35.5. The number of rotatable bonds is 5. The maximum atomic E-state index is 12.1. The number of aryl methyl sites for hydroxylation is 1. The Hall–Kier alpha value is -2.11. The topological polar surface area (TPSA) is 80.0 Å². The Morgan fingerprint density at radius 3 is 2.76 bits per heavy atom. The van der Waals surface area contributed by atoms with Gasteiger partial charge in [-0.15, -0.1) is 0 Å². The predicted octanol–water partition coefficient (Wildman–Crippen LogP) is 2.30. The largest absolute Gasteiger partial charge is 0.350 e. The van der Waals surface area contributed by atoms with Crippen molar-refractivity contribution < 1.29 is 4.79 Å². The van der Waals surface area contributed by atoms with Gasteiger partial charge >= 0.3 is 0 Å². The maximum absolute atomic E-state index is 12.1. The van der Waals surface area contributed by atoms with E-state index in [9.17, 15) is 4.79 Å². The number of amides is 1. The summed E-state index contributed by atoms with van der Waals surface area (Å²) in [6.07, 6.45) is 0.755. The number of pyridine rings is 1. The zero-order valence-corrected chi connectivity index (χ0v) is 12.4. The molecule has 1 amide bonds. The van der Waals surface area contributed by atoms with E-state index in [2.05, 4.69) is 15.7 Å². The number of nitrogens with zero attached hydrogens (tertiary/aromatic N) is 1. The number of aromatic nitrogens is 1. The molecule has 2 aromatic rings. The summed E-state index contributed by atoms with van der Waals surface area (Å²) in [4.78, 5) is 16.1. The molecule has 0 spiro atoms. The van der Waals surface area contributed by atoms with Crippen LogP contribution in [0.5, 0.6) is 0 Å². The first-order chi connectivity index (χ1) is 10.1. The number of anilines is 1. The molecule has 0 atom stereocenters. The molecule has 4 N–H and O–H groups in total. The third-order valence-electron chi connectivity index (χ3n) is 3.15. The molecule has 0 fully saturated rings. The van der Waals surface area contributed by atoms with Crippen molar-refractivity contribution in [1.29, 1.82) is 0 Å². The van der Waals surface area contributed by atoms with Crippen molar-refractivity contribution in [3.63, 3.8) is 0 Å². The molecule has 1 heterocycles. The molecule has 1 aromatic heterocycles. The molecule has 0 unspecified atom stereocenters. The van der Waals surface area contributed by atoms with Crippen LogP contribution in [0.3, 0.4) is 0 Å². The van der Waals surface area contributed by atoms with Gasteiger partial charge in [-0.05, 0) is 36.6 Å². The first-order valence-electron chi connectivity index (χ1n) is 6.57. The van der Waals surface area contributed by atoms with Gasteiger partial charge in [0.2, 0.25) is 0 Å². The fourth-order valence-electron chi connectivity index (χ4n) is 1.97. The number of carbonyl (C=O) groups excluding carboxylic acids is 1. The Morgan fingerprint density at radius 2 is 2.05 bits per heavy atom. The van der Waals surface area contributed by atoms with E-state index in [4.69, 9.17) is 17.4 Å². The fraction of sp³-hybridized carbons (Fsp3) is 0.200. The Kier molecular flexibility index (Phi) is 5.14. The van der Waals surface area contributed by atoms with Crippen LogP contribution in [0.15, 0.2) is 36.4 Å². The van der Waals surface area contributed by atoms with Crippen molar-refractivity contribution in [2.24, 2.45) is 5.84 Å². The van der Waals surface area contributed by atoms with Crippen LogP contribution in [-0.2, 0) is 6.42 Å². The Bertz CT molecular complexity index is 645. The number of nitrogens with two attached hydrogens (primary N) is 1. The standard InChI is InChI=1S/C15H17ClN4O/c1-10-4-2-3-5-11(10)8-9-18-15(21)14-12(16)6-7-13(19-14)20-17/h2-7H,8-9,17H2,1H3,(H,18,21)(H,19,20). The Labute approximate surface area is 128 Å². The number of carbonyl (C=O) groups is 1. The molecule has 0 aliphatic rings. The fourth-order valence-corrected chi connectivity index (χ4v) is 2.16. The van der Waals surface area contributed by atoms with Crippen molar-refractivity contribution in [3.8, 4) is 0 Å². The van der Waals surface area contributed by atoms with Gasteiger partial charge < -0.3 is 10.7 Å². The SMILES string of the molecule is Cc1ccccc1CCNC(=O)c1nc(NN)ccc1Cl. The minimum Gasteiger partial charge on any atom is -0.350 e. The summed E-state index contributed by atoms with van der Waals surface area (Å²) in [6, 6.07) is 11.3. The van der Waals surface area contributed by atoms with Gasteiger partial charge in [0, 0.05) is 6.54 Å². The minimum atomic E-state index is -0.314. The van der Waals surface area contributed by atoms with Crippen molar-refractivity contribution in [2.45, 2.75) is 13.3 Å². The van der Waals surface area contributed by atoms with Crippen LogP contribution in [0.2, 0.25) is 5.02 Å². The van der Waals surface area contributed by atoms with Gasteiger partial charge in [0.15, 0.2) is 0 Å². The van der Waals surface area contributed by atoms with E-state index >= 15 is 0 Å². The van der Waals surface area contributed by atoms with E-state index in [1.807, 2.05) is 31.2 Å². The van der Waals surface area contributed by atoms with E-state index in [0.29, 0.717) is 17.4 Å². The van der Waals surface area contributed by atoms with Gasteiger partial charge in [-0.2, -0.15) is 0 Å². The van der Waals surface area contributed by atoms with Crippen LogP contribution < -0.4 is 16.6 Å². The Morgan fingerprint density at radius 1 is 1.29 bits per heavy atom. The second-order valence-corrected chi connectivity index (χ2v) is 5.01. The predicted molar refractivity (Wildman–Crippen MR) is 84.3 cm³/mol. The zero-order valence-electron chi connectivity index (χ0n) is 11.7. The second-order valence-electron chi connectivity index (χ2n) is 4.60. The third-order valence-corrected chi connectivity index (χ3v) is 3.46. The highest BCUT2D eigenvalue weighted by Crippen LogP contribution is 2.16. The number of hydrazine groups is 1. The summed E-state index contributed by atoms with van der Waals surface area (Å²) < 4.78 is 0. The molecule has 0 bridgehead atoms. The number of hydrogen-bond donors (Lipinski definition) is 3. The van der Waals surface area contributed by atoms with Gasteiger partial charge in [-0.3, -0.25) is 4.79 Å². The van der Waals surface area contributed by atoms with Gasteiger partial charge in [-0.25, -0.2) is 10.8 Å². The summed E-state index contributed by atoms with van der Waals surface area (Å²) in [5.41, 5.74) is 4.96. The number of benzene rings is 1. The third kappa shape index (κ3) is 3.93. The van der Waals surface area contributed by atoms with Gasteiger partial charge in [0.05, 0.1) is 5.02 Å². The first kappa shape index (κ1) is 15.3. The molecular weight excluding hydrogens is 288 g/mol. The second kappa shape index (κ2) is 7.06. The van der Waals surface area contributed by atoms with Crippen molar-refractivity contribution >= 4 is 23.3 Å². The summed E-state index contributed by atoms with van der Waals surface area (Å²) in [7, 11) is 0. The number of nitrogen functional groups attached to an aromatic ring is 1. The molecule has 0 saturated carbocycles. The minimum absolute atomic E-state index is 0.164. The molecule has 6 heteroatoms. The molecule has 21 heavy (non-hydrogen) atoms. The molecule has 0 saturated heterocycles. The molecule has 1 aromatic carbocycles. The van der Waals surface area contributed by atoms with E-state index < -0.39 is 0 Å². The van der Waals surface area contributed by atoms with Crippen LogP contribution >= 0.6 is 11.6 Å². The summed E-state index contributed by atoms with van der Waals surface area (Å²) in [5.74, 6) is 5.35. The van der Waals surface area contributed by atoms with Gasteiger partial charge in [-0.1, -0.05) is 35.9 Å². The van der Waals surface area contributed by atoms with Gasteiger partial charge in [0.25, 0.3) is 5.91 Å². The lowest BCUT2D eigenvalue weighted by Gasteiger charge is -2.09. The number of halogens is 1. The van der Waals surface area contributed by atoms with E-state index in [-0.39, 0.29) is 11.6 Å². The lowest BCUT2D eigenvalue weighted by Crippen LogP contribution is -2.27. The van der Waals surface area contributed by atoms with E-state index in [1.165, 1.54) is 11.1 Å². The number of hydrogen-bond acceptors (Lipinski definition) is 4. The van der Waals surface area contributed by atoms with E-state index in [0.717, 1.165) is 6.42 Å². The Balaban J connectivity index is 1.98. The zero-order chi connectivity index (χ0) is 15.2. The number of nitrogens with one attached hydrogen (secondary N) is 2. The smallest absolute Gasteiger partial charge is 0.271 e. The van der Waals surface area contributed by atoms with Crippen LogP contribution in [0.1, 0.15) is 21.6 Å². The molecule has 5 nitrogen and oxygen atoms in total. The van der Waals surface area contributed by atoms with E-state index in [1.54, 1.807) is 12.1 Å². The molecule has 0 aliphatic heterocycles. The van der Waals surface area contributed by atoms with Crippen molar-refractivity contribution in [1.82, 2.24) is 10.3 Å². The van der Waals surface area contributed by atoms with Crippen LogP contribution in [0, 0.1) is 6.92 Å². The quantitative estimate of drug-likeness (QED) is 0.585. The van der Waals surface area contributed by atoms with Crippen molar-refractivity contribution in [3.05, 3.63) is 58.2 Å². The van der Waals surface area contributed by atoms with Crippen LogP contribution in [0.25, 0.3) is 0 Å². The summed E-state index contributed by atoms with van der Waals surface area (Å²) >= 11 is 5.98. The highest BCUT2D eigenvalue weighted by Gasteiger charge is 2.12. The molecule has 0 aliphatic carbocycles. The monoisotopic (exact) mass is 304 g/mol. The maximum Gasteiger partial charge on any atom is 0.271 e. The first-order valence-corrected chi connectivity index (χ1v) is 6.95. The van der Waals surface area contributed by atoms with Gasteiger partial charge in [0.1, 0.15) is 11.5 Å². The normalized spacial score (nSPS) is 10.2. The average molecular weight is 305 g/mol. The highest BCUT2D eigenvalue weighted by molar-refractivity contribution is 6.33.